The van der Waals surface area contributed by atoms with Crippen LogP contribution in [0.25, 0.3) is 0 Å². The minimum Gasteiger partial charge on any atom is -0.489 e. The average Bonchev–Trinajstić information content (AvgIpc) is 3.12. The largest absolute Gasteiger partial charge is 0.489 e. The molecule has 176 valence electrons. The Labute approximate surface area is 191 Å². The van der Waals surface area contributed by atoms with Crippen molar-refractivity contribution < 1.29 is 14.1 Å². The van der Waals surface area contributed by atoms with Gasteiger partial charge >= 0.3 is 5.69 Å². The first-order valence-corrected chi connectivity index (χ1v) is 10.9. The van der Waals surface area contributed by atoms with Crippen LogP contribution in [0.2, 0.25) is 0 Å². The highest BCUT2D eigenvalue weighted by molar-refractivity contribution is 6.07. The number of anilines is 2. The Morgan fingerprint density at radius 3 is 2.48 bits per heavy atom. The fourth-order valence-electron chi connectivity index (χ4n) is 3.49. The third kappa shape index (κ3) is 5.00. The number of aryl methyl sites for hydroxylation is 2. The van der Waals surface area contributed by atoms with Gasteiger partial charge in [0.2, 0.25) is 0 Å². The second kappa shape index (κ2) is 10.2. The number of aromatic nitrogens is 3. The fourth-order valence-corrected chi connectivity index (χ4v) is 3.49. The zero-order valence-corrected chi connectivity index (χ0v) is 19.3. The summed E-state index contributed by atoms with van der Waals surface area (Å²) < 4.78 is 12.2. The molecule has 0 saturated heterocycles. The molecule has 0 saturated carbocycles. The number of hydrogen-bond donors (Lipinski definition) is 2. The quantitative estimate of drug-likeness (QED) is 0.506. The van der Waals surface area contributed by atoms with E-state index in [0.717, 1.165) is 17.7 Å². The number of nitrogens with one attached hydrogen (secondary N) is 1. The lowest BCUT2D eigenvalue weighted by Gasteiger charge is -2.23. The van der Waals surface area contributed by atoms with Gasteiger partial charge in [-0.3, -0.25) is 19.1 Å². The van der Waals surface area contributed by atoms with E-state index in [4.69, 9.17) is 15.0 Å². The monoisotopic (exact) mass is 455 g/mol. The normalized spacial score (nSPS) is 10.9. The molecule has 2 heterocycles. The van der Waals surface area contributed by atoms with Crippen LogP contribution in [0, 0.1) is 13.8 Å². The summed E-state index contributed by atoms with van der Waals surface area (Å²) >= 11 is 0. The average molecular weight is 456 g/mol. The van der Waals surface area contributed by atoms with Gasteiger partial charge in [0, 0.05) is 18.7 Å². The molecule has 2 aromatic heterocycles. The van der Waals surface area contributed by atoms with Crippen molar-refractivity contribution in [1.82, 2.24) is 14.7 Å². The maximum absolute atomic E-state index is 13.2. The number of nitrogens with two attached hydrogens (primary N) is 1. The number of nitrogen functional groups attached to an aromatic ring is 1. The van der Waals surface area contributed by atoms with Gasteiger partial charge in [-0.15, -0.1) is 0 Å². The van der Waals surface area contributed by atoms with Gasteiger partial charge in [-0.25, -0.2) is 4.79 Å². The van der Waals surface area contributed by atoms with Crippen LogP contribution >= 0.6 is 0 Å². The van der Waals surface area contributed by atoms with Gasteiger partial charge in [-0.1, -0.05) is 18.5 Å². The standard InChI is InChI=1S/C23H29N5O5/c1-5-7-12-28-20(24)19(21(29)25-23(28)31)27(6-2)22(30)16-8-10-17(11-9-16)32-13-18-14(3)26-33-15(18)4/h8-11H,5-7,12-13,24H2,1-4H3,(H,25,29,31). The number of amides is 1. The zero-order chi connectivity index (χ0) is 24.1. The van der Waals surface area contributed by atoms with Gasteiger partial charge in [0.15, 0.2) is 5.69 Å². The van der Waals surface area contributed by atoms with Crippen LogP contribution in [-0.2, 0) is 13.2 Å². The lowest BCUT2D eigenvalue weighted by Crippen LogP contribution is -2.41. The third-order valence-electron chi connectivity index (χ3n) is 5.45. The minimum absolute atomic E-state index is 0.0215. The van der Waals surface area contributed by atoms with E-state index in [1.165, 1.54) is 9.47 Å². The first-order chi connectivity index (χ1) is 15.8. The highest BCUT2D eigenvalue weighted by Crippen LogP contribution is 2.22. The van der Waals surface area contributed by atoms with Crippen LogP contribution < -0.4 is 26.6 Å². The van der Waals surface area contributed by atoms with E-state index in [0.29, 0.717) is 36.6 Å². The molecule has 0 fully saturated rings. The van der Waals surface area contributed by atoms with E-state index < -0.39 is 17.2 Å². The Morgan fingerprint density at radius 1 is 1.21 bits per heavy atom. The molecule has 0 bridgehead atoms. The van der Waals surface area contributed by atoms with Gasteiger partial charge in [-0.05, 0) is 51.5 Å². The Bertz CT molecular complexity index is 1220. The second-order valence-electron chi connectivity index (χ2n) is 7.66. The van der Waals surface area contributed by atoms with E-state index in [-0.39, 0.29) is 18.1 Å². The molecular weight excluding hydrogens is 426 g/mol. The summed E-state index contributed by atoms with van der Waals surface area (Å²) in [5.41, 5.74) is 6.85. The summed E-state index contributed by atoms with van der Waals surface area (Å²) in [6.07, 6.45) is 1.56. The number of hydrogen-bond acceptors (Lipinski definition) is 7. The summed E-state index contributed by atoms with van der Waals surface area (Å²) in [6.45, 7) is 8.22. The van der Waals surface area contributed by atoms with Crippen molar-refractivity contribution in [3.63, 3.8) is 0 Å². The predicted octanol–water partition coefficient (Wildman–Crippen LogP) is 2.77. The molecule has 0 unspecified atom stereocenters. The summed E-state index contributed by atoms with van der Waals surface area (Å²) in [5.74, 6) is 0.834. The van der Waals surface area contributed by atoms with Gasteiger partial charge in [0.1, 0.15) is 23.9 Å². The predicted molar refractivity (Wildman–Crippen MR) is 125 cm³/mol. The van der Waals surface area contributed by atoms with Crippen molar-refractivity contribution in [3.05, 3.63) is 67.7 Å². The van der Waals surface area contributed by atoms with Gasteiger partial charge in [0.25, 0.3) is 11.5 Å². The van der Waals surface area contributed by atoms with Gasteiger partial charge in [0.05, 0.1) is 11.3 Å². The van der Waals surface area contributed by atoms with Crippen molar-refractivity contribution in [2.45, 2.75) is 53.7 Å². The number of rotatable bonds is 9. The molecule has 3 aromatic rings. The Morgan fingerprint density at radius 2 is 1.91 bits per heavy atom. The molecular formula is C23H29N5O5. The van der Waals surface area contributed by atoms with Gasteiger partial charge < -0.3 is 19.9 Å². The molecule has 0 aliphatic rings. The van der Waals surface area contributed by atoms with Crippen LogP contribution in [0.4, 0.5) is 11.5 Å². The lowest BCUT2D eigenvalue weighted by atomic mass is 10.1. The topological polar surface area (TPSA) is 136 Å². The van der Waals surface area contributed by atoms with Crippen LogP contribution in [0.3, 0.4) is 0 Å². The minimum atomic E-state index is -0.695. The fraction of sp³-hybridized carbons (Fsp3) is 0.391. The summed E-state index contributed by atoms with van der Waals surface area (Å²) in [6, 6.07) is 6.58. The highest BCUT2D eigenvalue weighted by Gasteiger charge is 2.24. The number of aromatic amines is 1. The molecule has 3 rings (SSSR count). The number of unbranched alkanes of at least 4 members (excludes halogenated alkanes) is 1. The van der Waals surface area contributed by atoms with Crippen molar-refractivity contribution in [3.8, 4) is 5.75 Å². The second-order valence-corrected chi connectivity index (χ2v) is 7.66. The van der Waals surface area contributed by atoms with Crippen molar-refractivity contribution in [2.75, 3.05) is 17.2 Å². The first kappa shape index (κ1) is 23.8. The summed E-state index contributed by atoms with van der Waals surface area (Å²) in [5, 5.41) is 3.90. The van der Waals surface area contributed by atoms with Crippen molar-refractivity contribution in [2.24, 2.45) is 0 Å². The molecule has 0 aliphatic heterocycles. The number of nitrogens with zero attached hydrogens (tertiary/aromatic N) is 3. The smallest absolute Gasteiger partial charge is 0.330 e. The molecule has 1 aromatic carbocycles. The van der Waals surface area contributed by atoms with Crippen molar-refractivity contribution >= 4 is 17.4 Å². The number of carbonyl (C=O) groups is 1. The Hall–Kier alpha value is -3.82. The van der Waals surface area contributed by atoms with Gasteiger partial charge in [-0.2, -0.15) is 0 Å². The Balaban J connectivity index is 1.83. The van der Waals surface area contributed by atoms with E-state index in [1.54, 1.807) is 31.2 Å². The molecule has 3 N–H and O–H groups in total. The number of H-pyrrole nitrogens is 1. The maximum Gasteiger partial charge on any atom is 0.330 e. The first-order valence-electron chi connectivity index (χ1n) is 10.9. The molecule has 1 amide bonds. The van der Waals surface area contributed by atoms with Crippen LogP contribution in [0.5, 0.6) is 5.75 Å². The van der Waals surface area contributed by atoms with Crippen LogP contribution in [0.15, 0.2) is 38.4 Å². The van der Waals surface area contributed by atoms with Crippen molar-refractivity contribution in [1.29, 1.82) is 0 Å². The molecule has 33 heavy (non-hydrogen) atoms. The molecule has 10 heteroatoms. The number of benzene rings is 1. The van der Waals surface area contributed by atoms with E-state index >= 15 is 0 Å². The van der Waals surface area contributed by atoms with E-state index in [2.05, 4.69) is 10.1 Å². The number of carbonyl (C=O) groups excluding carboxylic acids is 1. The van der Waals surface area contributed by atoms with Crippen LogP contribution in [0.1, 0.15) is 54.1 Å². The Kier molecular flexibility index (Phi) is 7.37. The molecule has 0 spiro atoms. The summed E-state index contributed by atoms with van der Waals surface area (Å²) in [7, 11) is 0. The molecule has 10 nitrogen and oxygen atoms in total. The van der Waals surface area contributed by atoms with E-state index in [1.807, 2.05) is 20.8 Å². The SMILES string of the molecule is CCCCn1c(N)c(N(CC)C(=O)c2ccc(OCc3c(C)noc3C)cc2)c(=O)[nH]c1=O. The van der Waals surface area contributed by atoms with E-state index in [9.17, 15) is 14.4 Å². The van der Waals surface area contributed by atoms with Crippen LogP contribution in [-0.4, -0.2) is 27.2 Å². The highest BCUT2D eigenvalue weighted by atomic mass is 16.5. The maximum atomic E-state index is 13.2. The lowest BCUT2D eigenvalue weighted by molar-refractivity contribution is 0.0988. The molecule has 0 radical (unpaired) electrons. The molecule has 0 atom stereocenters. The number of ether oxygens (including phenoxy) is 1. The molecule has 0 aliphatic carbocycles. The third-order valence-corrected chi connectivity index (χ3v) is 5.45. The zero-order valence-electron chi connectivity index (χ0n) is 19.3. The summed E-state index contributed by atoms with van der Waals surface area (Å²) in [4.78, 5) is 41.5.